The van der Waals surface area contributed by atoms with Gasteiger partial charge in [0.05, 0.1) is 5.75 Å². The summed E-state index contributed by atoms with van der Waals surface area (Å²) >= 11 is 4.03. The number of rotatable bonds is 11. The Kier molecular flexibility index (Phi) is 11.7. The van der Waals surface area contributed by atoms with E-state index >= 15 is 0 Å². The first kappa shape index (κ1) is 22.8. The first-order valence-electron chi connectivity index (χ1n) is 9.31. The maximum absolute atomic E-state index is 11.6. The SMILES string of the molecule is CC[NH+]=C\C=C/C=C/C=C/c1ccccc1N(C)CCCN(C)C(=O)CS. The molecular weight excluding hydrogens is 354 g/mol. The van der Waals surface area contributed by atoms with Gasteiger partial charge in [0.25, 0.3) is 0 Å². The van der Waals surface area contributed by atoms with Gasteiger partial charge in [-0.1, -0.05) is 48.6 Å². The molecule has 1 rings (SSSR count). The highest BCUT2D eigenvalue weighted by Crippen LogP contribution is 2.20. The van der Waals surface area contributed by atoms with Crippen molar-refractivity contribution < 1.29 is 9.79 Å². The molecule has 0 spiro atoms. The Balaban J connectivity index is 2.60. The molecule has 0 aliphatic carbocycles. The van der Waals surface area contributed by atoms with Crippen LogP contribution in [0, 0.1) is 0 Å². The predicted molar refractivity (Wildman–Crippen MR) is 121 cm³/mol. The summed E-state index contributed by atoms with van der Waals surface area (Å²) in [6, 6.07) is 8.33. The van der Waals surface area contributed by atoms with Crippen LogP contribution in [0.1, 0.15) is 18.9 Å². The lowest BCUT2D eigenvalue weighted by Crippen LogP contribution is -2.67. The number of anilines is 1. The van der Waals surface area contributed by atoms with E-state index in [1.54, 1.807) is 4.90 Å². The molecule has 1 amide bonds. The molecule has 0 radical (unpaired) electrons. The van der Waals surface area contributed by atoms with E-state index in [-0.39, 0.29) is 11.7 Å². The number of amides is 1. The number of carbonyl (C=O) groups is 1. The van der Waals surface area contributed by atoms with Gasteiger partial charge in [0.15, 0.2) is 6.21 Å². The third kappa shape index (κ3) is 9.29. The van der Waals surface area contributed by atoms with Crippen LogP contribution in [0.4, 0.5) is 5.69 Å². The number of allylic oxidation sites excluding steroid dienone is 5. The molecule has 0 saturated carbocycles. The van der Waals surface area contributed by atoms with Crippen molar-refractivity contribution >= 4 is 36.5 Å². The molecule has 1 aromatic carbocycles. The van der Waals surface area contributed by atoms with Gasteiger partial charge in [0.2, 0.25) is 5.91 Å². The number of nitrogens with one attached hydrogen (secondary N) is 1. The van der Waals surface area contributed by atoms with Crippen molar-refractivity contribution in [1.82, 2.24) is 4.90 Å². The van der Waals surface area contributed by atoms with Crippen molar-refractivity contribution in [2.24, 2.45) is 0 Å². The van der Waals surface area contributed by atoms with E-state index in [2.05, 4.69) is 60.8 Å². The van der Waals surface area contributed by atoms with Crippen LogP contribution >= 0.6 is 12.6 Å². The Morgan fingerprint density at radius 3 is 2.52 bits per heavy atom. The molecule has 0 saturated heterocycles. The van der Waals surface area contributed by atoms with Gasteiger partial charge in [-0.15, -0.1) is 0 Å². The van der Waals surface area contributed by atoms with Crippen LogP contribution in [0.5, 0.6) is 0 Å². The highest BCUT2D eigenvalue weighted by molar-refractivity contribution is 7.81. The van der Waals surface area contributed by atoms with Crippen LogP contribution < -0.4 is 9.89 Å². The fraction of sp³-hybridized carbons (Fsp3) is 0.364. The second-order valence-corrected chi connectivity index (χ2v) is 6.48. The zero-order valence-electron chi connectivity index (χ0n) is 16.6. The molecule has 0 aliphatic rings. The van der Waals surface area contributed by atoms with Crippen molar-refractivity contribution in [1.29, 1.82) is 0 Å². The molecular formula is C22H32N3OS+. The molecule has 0 bridgehead atoms. The minimum Gasteiger partial charge on any atom is -0.374 e. The summed E-state index contributed by atoms with van der Waals surface area (Å²) < 4.78 is 0. The van der Waals surface area contributed by atoms with Gasteiger partial charge in [0, 0.05) is 38.9 Å². The van der Waals surface area contributed by atoms with Gasteiger partial charge in [-0.25, -0.2) is 4.99 Å². The molecule has 0 fully saturated rings. The molecule has 1 aromatic rings. The molecule has 4 nitrogen and oxygen atoms in total. The number of hydrogen-bond acceptors (Lipinski definition) is 3. The van der Waals surface area contributed by atoms with Gasteiger partial charge >= 0.3 is 0 Å². The summed E-state index contributed by atoms with van der Waals surface area (Å²) in [5.41, 5.74) is 2.36. The Morgan fingerprint density at radius 2 is 1.78 bits per heavy atom. The highest BCUT2D eigenvalue weighted by Gasteiger charge is 2.08. The van der Waals surface area contributed by atoms with Gasteiger partial charge < -0.3 is 9.80 Å². The lowest BCUT2D eigenvalue weighted by Gasteiger charge is -2.23. The summed E-state index contributed by atoms with van der Waals surface area (Å²) in [6.07, 6.45) is 15.0. The molecule has 1 N–H and O–H groups in total. The number of nitrogens with zero attached hydrogens (tertiary/aromatic N) is 2. The first-order valence-corrected chi connectivity index (χ1v) is 9.95. The summed E-state index contributed by atoms with van der Waals surface area (Å²) in [6.45, 7) is 4.62. The average molecular weight is 387 g/mol. The van der Waals surface area contributed by atoms with Crippen LogP contribution in [0.15, 0.2) is 54.6 Å². The maximum atomic E-state index is 11.6. The zero-order valence-corrected chi connectivity index (χ0v) is 17.5. The molecule has 146 valence electrons. The number of para-hydroxylation sites is 1. The minimum absolute atomic E-state index is 0.0632. The molecule has 0 aliphatic heterocycles. The van der Waals surface area contributed by atoms with Gasteiger partial charge in [-0.3, -0.25) is 4.79 Å². The quantitative estimate of drug-likeness (QED) is 0.348. The van der Waals surface area contributed by atoms with Crippen LogP contribution in [-0.2, 0) is 4.79 Å². The van der Waals surface area contributed by atoms with E-state index in [9.17, 15) is 4.79 Å². The second-order valence-electron chi connectivity index (χ2n) is 6.16. The molecule has 5 heteroatoms. The zero-order chi connectivity index (χ0) is 19.9. The predicted octanol–water partition coefficient (Wildman–Crippen LogP) is 2.20. The number of carbonyl (C=O) groups excluding carboxylic acids is 1. The minimum atomic E-state index is 0.0632. The number of hydrogen-bond donors (Lipinski definition) is 2. The summed E-state index contributed by atoms with van der Waals surface area (Å²) in [7, 11) is 3.91. The topological polar surface area (TPSA) is 37.5 Å². The van der Waals surface area contributed by atoms with E-state index in [4.69, 9.17) is 0 Å². The van der Waals surface area contributed by atoms with Crippen molar-refractivity contribution in [2.75, 3.05) is 44.4 Å². The number of thiol groups is 1. The number of benzene rings is 1. The van der Waals surface area contributed by atoms with Crippen molar-refractivity contribution in [3.8, 4) is 0 Å². The lowest BCUT2D eigenvalue weighted by atomic mass is 10.1. The lowest BCUT2D eigenvalue weighted by molar-refractivity contribution is -0.446. The monoisotopic (exact) mass is 386 g/mol. The van der Waals surface area contributed by atoms with E-state index in [1.807, 2.05) is 49.7 Å². The third-order valence-electron chi connectivity index (χ3n) is 4.03. The summed E-state index contributed by atoms with van der Waals surface area (Å²) in [4.78, 5) is 18.7. The Labute approximate surface area is 169 Å². The van der Waals surface area contributed by atoms with Crippen molar-refractivity contribution in [2.45, 2.75) is 13.3 Å². The van der Waals surface area contributed by atoms with E-state index in [0.717, 1.165) is 26.1 Å². The normalized spacial score (nSPS) is 12.0. The molecule has 0 aromatic heterocycles. The second kappa shape index (κ2) is 13.9. The first-order chi connectivity index (χ1) is 13.1. The Hall–Kier alpha value is -2.27. The Bertz CT molecular complexity index is 680. The Morgan fingerprint density at radius 1 is 1.07 bits per heavy atom. The van der Waals surface area contributed by atoms with Crippen molar-refractivity contribution in [3.05, 3.63) is 60.2 Å². The van der Waals surface area contributed by atoms with Crippen LogP contribution in [0.2, 0.25) is 0 Å². The van der Waals surface area contributed by atoms with Gasteiger partial charge in [0.1, 0.15) is 6.54 Å². The third-order valence-corrected chi connectivity index (χ3v) is 4.31. The van der Waals surface area contributed by atoms with Crippen LogP contribution in [0.25, 0.3) is 6.08 Å². The van der Waals surface area contributed by atoms with E-state index in [1.165, 1.54) is 11.3 Å². The van der Waals surface area contributed by atoms with Crippen molar-refractivity contribution in [3.63, 3.8) is 0 Å². The molecule has 0 unspecified atom stereocenters. The standard InChI is InChI=1S/C22H31N3OS/c1-4-23-16-11-7-5-6-8-13-20-14-9-10-15-21(20)24(2)17-12-18-25(3)22(26)19-27/h5-11,13-16,27H,4,12,17-19H2,1-3H3/p+1/b6-5+,11-7-,13-8+,23-16?. The van der Waals surface area contributed by atoms with E-state index in [0.29, 0.717) is 0 Å². The fourth-order valence-corrected chi connectivity index (χ4v) is 2.72. The average Bonchev–Trinajstić information content (AvgIpc) is 2.69. The van der Waals surface area contributed by atoms with Crippen LogP contribution in [0.3, 0.4) is 0 Å². The smallest absolute Gasteiger partial charge is 0.232 e. The van der Waals surface area contributed by atoms with Gasteiger partial charge in [-0.2, -0.15) is 12.6 Å². The largest absolute Gasteiger partial charge is 0.374 e. The summed E-state index contributed by atoms with van der Waals surface area (Å²) in [5.74, 6) is 0.323. The van der Waals surface area contributed by atoms with Crippen LogP contribution in [-0.4, -0.2) is 56.5 Å². The molecule has 0 heterocycles. The van der Waals surface area contributed by atoms with Gasteiger partial charge in [-0.05, 0) is 25.0 Å². The van der Waals surface area contributed by atoms with E-state index < -0.39 is 0 Å². The fourth-order valence-electron chi connectivity index (χ4n) is 2.48. The highest BCUT2D eigenvalue weighted by atomic mass is 32.1. The summed E-state index contributed by atoms with van der Waals surface area (Å²) in [5, 5.41) is 0. The maximum Gasteiger partial charge on any atom is 0.232 e. The molecule has 27 heavy (non-hydrogen) atoms. The molecule has 0 atom stereocenters.